The molecule has 0 radical (unpaired) electrons. The Morgan fingerprint density at radius 3 is 2.71 bits per heavy atom. The maximum absolute atomic E-state index is 11.5. The molecule has 3 rings (SSSR count). The molecule has 0 unspecified atom stereocenters. The van der Waals surface area contributed by atoms with Gasteiger partial charge in [-0.3, -0.25) is 9.89 Å². The number of hydrogen-bond donors (Lipinski definition) is 1. The third-order valence-electron chi connectivity index (χ3n) is 2.44. The minimum Gasteiger partial charge on any atom is -0.289 e. The predicted octanol–water partition coefficient (Wildman–Crippen LogP) is 1.74. The Morgan fingerprint density at radius 1 is 1.24 bits per heavy atom. The first-order valence-electron chi connectivity index (χ1n) is 4.93. The summed E-state index contributed by atoms with van der Waals surface area (Å²) in [7, 11) is 0. The molecule has 5 nitrogen and oxygen atoms in total. The number of rotatable bonds is 1. The quantitative estimate of drug-likeness (QED) is 0.711. The fourth-order valence-electron chi connectivity index (χ4n) is 1.62. The van der Waals surface area contributed by atoms with Crippen LogP contribution in [0.4, 0.5) is 0 Å². The average Bonchev–Trinajstić information content (AvgIpc) is 2.75. The Balaban J connectivity index is 2.21. The normalized spacial score (nSPS) is 10.9. The van der Waals surface area contributed by atoms with Gasteiger partial charge in [0.2, 0.25) is 0 Å². The number of halogens is 1. The molecule has 0 aliphatic heterocycles. The minimum absolute atomic E-state index is 0.241. The van der Waals surface area contributed by atoms with Crippen LogP contribution in [0.1, 0.15) is 0 Å². The molecular weight excluding hydrogens is 240 g/mol. The number of fused-ring (bicyclic) bond motifs is 1. The van der Waals surface area contributed by atoms with Crippen molar-refractivity contribution >= 4 is 17.2 Å². The summed E-state index contributed by atoms with van der Waals surface area (Å²) in [4.78, 5) is 11.5. The summed E-state index contributed by atoms with van der Waals surface area (Å²) >= 11 is 5.82. The number of hydrogen-bond acceptors (Lipinski definition) is 3. The first kappa shape index (κ1) is 10.0. The van der Waals surface area contributed by atoms with E-state index in [2.05, 4.69) is 15.3 Å². The maximum atomic E-state index is 11.5. The summed E-state index contributed by atoms with van der Waals surface area (Å²) in [5.41, 5.74) is 1.97. The van der Waals surface area contributed by atoms with Gasteiger partial charge in [0, 0.05) is 11.1 Å². The van der Waals surface area contributed by atoms with Crippen LogP contribution in [0.5, 0.6) is 0 Å². The van der Waals surface area contributed by atoms with Crippen molar-refractivity contribution in [2.24, 2.45) is 0 Å². The lowest BCUT2D eigenvalue weighted by molar-refractivity contribution is 0.854. The van der Waals surface area contributed by atoms with Crippen LogP contribution in [0, 0.1) is 0 Å². The van der Waals surface area contributed by atoms with Crippen molar-refractivity contribution in [2.45, 2.75) is 0 Å². The molecule has 0 atom stereocenters. The third-order valence-corrected chi connectivity index (χ3v) is 2.69. The summed E-state index contributed by atoms with van der Waals surface area (Å²) in [6.45, 7) is 0. The molecule has 1 aromatic carbocycles. The summed E-state index contributed by atoms with van der Waals surface area (Å²) in [6.07, 6.45) is 1.16. The second-order valence-electron chi connectivity index (χ2n) is 3.55. The number of nitrogens with zero attached hydrogens (tertiary/aromatic N) is 3. The highest BCUT2D eigenvalue weighted by Gasteiger charge is 2.05. The largest absolute Gasteiger partial charge is 0.291 e. The molecule has 3 aromatic rings. The van der Waals surface area contributed by atoms with Crippen LogP contribution in [0.3, 0.4) is 0 Å². The number of nitrogens with one attached hydrogen (secondary N) is 1. The van der Waals surface area contributed by atoms with Gasteiger partial charge in [0.05, 0.1) is 5.69 Å². The van der Waals surface area contributed by atoms with Crippen molar-refractivity contribution in [1.29, 1.82) is 0 Å². The van der Waals surface area contributed by atoms with E-state index < -0.39 is 0 Å². The lowest BCUT2D eigenvalue weighted by Crippen LogP contribution is -2.14. The fourth-order valence-corrected chi connectivity index (χ4v) is 1.74. The molecule has 0 bridgehead atoms. The number of aromatic nitrogens is 4. The van der Waals surface area contributed by atoms with Gasteiger partial charge in [-0.15, -0.1) is 5.10 Å². The Kier molecular flexibility index (Phi) is 2.19. The van der Waals surface area contributed by atoms with E-state index in [4.69, 9.17) is 11.6 Å². The minimum atomic E-state index is -0.241. The van der Waals surface area contributed by atoms with E-state index in [1.54, 1.807) is 18.2 Å². The van der Waals surface area contributed by atoms with Crippen LogP contribution in [0.25, 0.3) is 16.9 Å². The Labute approximate surface area is 101 Å². The molecule has 0 spiro atoms. The van der Waals surface area contributed by atoms with Gasteiger partial charge in [-0.05, 0) is 17.7 Å². The zero-order valence-electron chi connectivity index (χ0n) is 8.59. The summed E-state index contributed by atoms with van der Waals surface area (Å²) in [5, 5.41) is 11.1. The Bertz CT molecular complexity index is 729. The second kappa shape index (κ2) is 3.71. The number of benzene rings is 1. The molecule has 0 saturated heterocycles. The highest BCUT2D eigenvalue weighted by atomic mass is 35.5. The summed E-state index contributed by atoms with van der Waals surface area (Å²) in [5.74, 6) is 0. The monoisotopic (exact) mass is 246 g/mol. The molecule has 2 aromatic heterocycles. The van der Waals surface area contributed by atoms with Crippen molar-refractivity contribution in [3.63, 3.8) is 0 Å². The van der Waals surface area contributed by atoms with E-state index in [0.717, 1.165) is 17.5 Å². The van der Waals surface area contributed by atoms with Gasteiger partial charge in [0.1, 0.15) is 6.20 Å². The summed E-state index contributed by atoms with van der Waals surface area (Å²) in [6, 6.07) is 9.07. The van der Waals surface area contributed by atoms with E-state index in [1.807, 2.05) is 12.1 Å². The predicted molar refractivity (Wildman–Crippen MR) is 64.1 cm³/mol. The Morgan fingerprint density at radius 2 is 2.00 bits per heavy atom. The van der Waals surface area contributed by atoms with Gasteiger partial charge in [0.25, 0.3) is 5.56 Å². The van der Waals surface area contributed by atoms with E-state index in [-0.39, 0.29) is 5.56 Å². The molecule has 0 fully saturated rings. The number of aromatic amines is 1. The molecular formula is C11H7ClN4O. The SMILES string of the molecule is O=c1cnnc2cc(-c3ccc(Cl)cc3)[nH]n12. The second-order valence-corrected chi connectivity index (χ2v) is 3.99. The van der Waals surface area contributed by atoms with E-state index in [0.29, 0.717) is 10.7 Å². The molecule has 0 amide bonds. The lowest BCUT2D eigenvalue weighted by atomic mass is 10.2. The Hall–Kier alpha value is -2.14. The van der Waals surface area contributed by atoms with Crippen LogP contribution in [0.2, 0.25) is 5.02 Å². The number of H-pyrrole nitrogens is 1. The van der Waals surface area contributed by atoms with Gasteiger partial charge in [-0.1, -0.05) is 23.7 Å². The highest BCUT2D eigenvalue weighted by Crippen LogP contribution is 2.20. The molecule has 2 heterocycles. The van der Waals surface area contributed by atoms with E-state index in [1.165, 1.54) is 4.52 Å². The van der Waals surface area contributed by atoms with Crippen LogP contribution in [-0.4, -0.2) is 19.8 Å². The molecule has 17 heavy (non-hydrogen) atoms. The maximum Gasteiger partial charge on any atom is 0.291 e. The molecule has 0 aliphatic rings. The van der Waals surface area contributed by atoms with Gasteiger partial charge < -0.3 is 0 Å². The van der Waals surface area contributed by atoms with Crippen molar-refractivity contribution in [3.05, 3.63) is 51.9 Å². The molecule has 0 aliphatic carbocycles. The molecule has 1 N–H and O–H groups in total. The zero-order valence-corrected chi connectivity index (χ0v) is 9.35. The van der Waals surface area contributed by atoms with Gasteiger partial charge in [0.15, 0.2) is 5.65 Å². The van der Waals surface area contributed by atoms with Crippen LogP contribution in [-0.2, 0) is 0 Å². The molecule has 0 saturated carbocycles. The third kappa shape index (κ3) is 1.70. The van der Waals surface area contributed by atoms with Gasteiger partial charge in [-0.2, -0.15) is 9.61 Å². The van der Waals surface area contributed by atoms with Crippen LogP contribution < -0.4 is 5.56 Å². The average molecular weight is 247 g/mol. The van der Waals surface area contributed by atoms with E-state index >= 15 is 0 Å². The standard InChI is InChI=1S/C11H7ClN4O/c12-8-3-1-7(2-4-8)9-5-10-14-13-6-11(17)16(10)15-9/h1-6,15H. The molecule has 84 valence electrons. The highest BCUT2D eigenvalue weighted by molar-refractivity contribution is 6.30. The topological polar surface area (TPSA) is 63.0 Å². The van der Waals surface area contributed by atoms with Crippen molar-refractivity contribution in [2.75, 3.05) is 0 Å². The van der Waals surface area contributed by atoms with Crippen molar-refractivity contribution in [1.82, 2.24) is 19.8 Å². The lowest BCUT2D eigenvalue weighted by Gasteiger charge is -1.96. The van der Waals surface area contributed by atoms with Gasteiger partial charge >= 0.3 is 0 Å². The summed E-state index contributed by atoms with van der Waals surface area (Å²) < 4.78 is 1.34. The van der Waals surface area contributed by atoms with Gasteiger partial charge in [-0.25, -0.2) is 0 Å². The first-order valence-corrected chi connectivity index (χ1v) is 5.31. The van der Waals surface area contributed by atoms with Crippen LogP contribution >= 0.6 is 11.6 Å². The van der Waals surface area contributed by atoms with Crippen molar-refractivity contribution < 1.29 is 0 Å². The fraction of sp³-hybridized carbons (Fsp3) is 0. The first-order chi connectivity index (χ1) is 8.24. The van der Waals surface area contributed by atoms with Crippen LogP contribution in [0.15, 0.2) is 41.3 Å². The smallest absolute Gasteiger partial charge is 0.289 e. The van der Waals surface area contributed by atoms with Crippen molar-refractivity contribution in [3.8, 4) is 11.3 Å². The molecule has 6 heteroatoms. The zero-order chi connectivity index (χ0) is 11.8. The van der Waals surface area contributed by atoms with E-state index in [9.17, 15) is 4.79 Å².